The number of hydrogen-bond acceptors (Lipinski definition) is 10. The Morgan fingerprint density at radius 3 is 2.53 bits per heavy atom. The van der Waals surface area contributed by atoms with Gasteiger partial charge in [-0.1, -0.05) is 11.6 Å². The Bertz CT molecular complexity index is 981. The first-order chi connectivity index (χ1) is 14.2. The SMILES string of the molecule is COC1C(OC(C)=O)C(COC(C)=O)OC1n1cnc2c(Cl)nc(NC(C)=O)nc21. The first-order valence-corrected chi connectivity index (χ1v) is 9.25. The number of carbonyl (C=O) groups is 3. The van der Waals surface area contributed by atoms with Crippen molar-refractivity contribution in [3.05, 3.63) is 11.5 Å². The van der Waals surface area contributed by atoms with Crippen molar-refractivity contribution in [3.8, 4) is 0 Å². The van der Waals surface area contributed by atoms with Gasteiger partial charge in [0, 0.05) is 27.9 Å². The van der Waals surface area contributed by atoms with E-state index in [0.29, 0.717) is 0 Å². The van der Waals surface area contributed by atoms with E-state index >= 15 is 0 Å². The molecule has 1 fully saturated rings. The molecule has 2 aromatic heterocycles. The Morgan fingerprint density at radius 1 is 1.20 bits per heavy atom. The highest BCUT2D eigenvalue weighted by atomic mass is 35.5. The van der Waals surface area contributed by atoms with Crippen molar-refractivity contribution >= 4 is 46.6 Å². The molecule has 1 saturated heterocycles. The number of halogens is 1. The summed E-state index contributed by atoms with van der Waals surface area (Å²) in [5.41, 5.74) is 0.539. The van der Waals surface area contributed by atoms with Crippen LogP contribution in [0.3, 0.4) is 0 Å². The zero-order chi connectivity index (χ0) is 22.0. The Labute approximate surface area is 175 Å². The normalized spacial score (nSPS) is 23.4. The number of ether oxygens (including phenoxy) is 4. The molecule has 0 aliphatic carbocycles. The monoisotopic (exact) mass is 441 g/mol. The molecular formula is C17H20ClN5O7. The Kier molecular flexibility index (Phi) is 6.48. The molecule has 0 spiro atoms. The molecule has 2 aromatic rings. The molecule has 3 rings (SSSR count). The number of hydrogen-bond donors (Lipinski definition) is 1. The van der Waals surface area contributed by atoms with E-state index in [0.717, 1.165) is 0 Å². The molecule has 0 bridgehead atoms. The van der Waals surface area contributed by atoms with Gasteiger partial charge < -0.3 is 18.9 Å². The van der Waals surface area contributed by atoms with Crippen LogP contribution in [0.2, 0.25) is 5.15 Å². The summed E-state index contributed by atoms with van der Waals surface area (Å²) in [7, 11) is 1.43. The van der Waals surface area contributed by atoms with Gasteiger partial charge in [0.1, 0.15) is 24.3 Å². The highest BCUT2D eigenvalue weighted by Crippen LogP contribution is 2.36. The predicted octanol–water partition coefficient (Wildman–Crippen LogP) is 0.845. The van der Waals surface area contributed by atoms with Crippen LogP contribution in [-0.4, -0.2) is 69.4 Å². The molecule has 1 N–H and O–H groups in total. The van der Waals surface area contributed by atoms with Crippen LogP contribution in [0.5, 0.6) is 0 Å². The van der Waals surface area contributed by atoms with Gasteiger partial charge in [-0.15, -0.1) is 0 Å². The summed E-state index contributed by atoms with van der Waals surface area (Å²) < 4.78 is 23.5. The molecule has 30 heavy (non-hydrogen) atoms. The third-order valence-corrected chi connectivity index (χ3v) is 4.51. The molecule has 0 saturated carbocycles. The van der Waals surface area contributed by atoms with E-state index in [1.165, 1.54) is 38.8 Å². The zero-order valence-electron chi connectivity index (χ0n) is 16.6. The second-order valence-corrected chi connectivity index (χ2v) is 6.84. The van der Waals surface area contributed by atoms with Crippen molar-refractivity contribution in [3.63, 3.8) is 0 Å². The number of fused-ring (bicyclic) bond motifs is 1. The van der Waals surface area contributed by atoms with Crippen LogP contribution in [0, 0.1) is 0 Å². The quantitative estimate of drug-likeness (QED) is 0.505. The molecule has 1 aliphatic heterocycles. The van der Waals surface area contributed by atoms with Gasteiger partial charge in [0.25, 0.3) is 0 Å². The van der Waals surface area contributed by atoms with E-state index in [2.05, 4.69) is 20.3 Å². The molecule has 13 heteroatoms. The second kappa shape index (κ2) is 8.90. The third kappa shape index (κ3) is 4.50. The summed E-state index contributed by atoms with van der Waals surface area (Å²) in [6, 6.07) is 0. The molecular weight excluding hydrogens is 422 g/mol. The average Bonchev–Trinajstić information content (AvgIpc) is 3.20. The minimum atomic E-state index is -0.860. The van der Waals surface area contributed by atoms with Crippen LogP contribution in [0.25, 0.3) is 11.2 Å². The van der Waals surface area contributed by atoms with E-state index in [9.17, 15) is 14.4 Å². The topological polar surface area (TPSA) is 144 Å². The van der Waals surface area contributed by atoms with Gasteiger partial charge in [0.2, 0.25) is 11.9 Å². The molecule has 0 aromatic carbocycles. The van der Waals surface area contributed by atoms with Gasteiger partial charge >= 0.3 is 11.9 Å². The lowest BCUT2D eigenvalue weighted by Gasteiger charge is -2.22. The highest BCUT2D eigenvalue weighted by Gasteiger charge is 2.49. The van der Waals surface area contributed by atoms with Gasteiger partial charge in [-0.3, -0.25) is 24.3 Å². The number of esters is 2. The molecule has 0 radical (unpaired) electrons. The van der Waals surface area contributed by atoms with Crippen LogP contribution < -0.4 is 5.32 Å². The maximum absolute atomic E-state index is 11.6. The number of aromatic nitrogens is 4. The maximum atomic E-state index is 11.6. The van der Waals surface area contributed by atoms with Crippen LogP contribution in [0.1, 0.15) is 27.0 Å². The molecule has 3 heterocycles. The van der Waals surface area contributed by atoms with Crippen LogP contribution >= 0.6 is 11.6 Å². The van der Waals surface area contributed by atoms with Crippen molar-refractivity contribution in [1.29, 1.82) is 0 Å². The number of nitrogens with zero attached hydrogens (tertiary/aromatic N) is 4. The van der Waals surface area contributed by atoms with E-state index < -0.39 is 36.5 Å². The van der Waals surface area contributed by atoms with Crippen molar-refractivity contribution in [2.45, 2.75) is 45.3 Å². The number of anilines is 1. The fourth-order valence-electron chi connectivity index (χ4n) is 3.13. The van der Waals surface area contributed by atoms with E-state index in [1.54, 1.807) is 0 Å². The summed E-state index contributed by atoms with van der Waals surface area (Å²) in [5.74, 6) is -1.44. The van der Waals surface area contributed by atoms with Crippen molar-refractivity contribution in [1.82, 2.24) is 19.5 Å². The van der Waals surface area contributed by atoms with Gasteiger partial charge in [0.15, 0.2) is 23.1 Å². The number of methoxy groups -OCH3 is 1. The predicted molar refractivity (Wildman–Crippen MR) is 102 cm³/mol. The lowest BCUT2D eigenvalue weighted by Crippen LogP contribution is -2.39. The van der Waals surface area contributed by atoms with Crippen molar-refractivity contribution in [2.75, 3.05) is 19.0 Å². The van der Waals surface area contributed by atoms with Gasteiger partial charge in [0.05, 0.1) is 6.33 Å². The number of amides is 1. The lowest BCUT2D eigenvalue weighted by atomic mass is 10.1. The van der Waals surface area contributed by atoms with Crippen LogP contribution in [-0.2, 0) is 33.3 Å². The average molecular weight is 442 g/mol. The summed E-state index contributed by atoms with van der Waals surface area (Å²) in [4.78, 5) is 46.7. The first-order valence-electron chi connectivity index (χ1n) is 8.87. The van der Waals surface area contributed by atoms with Crippen LogP contribution in [0.4, 0.5) is 5.95 Å². The Hall–Kier alpha value is -2.83. The number of carbonyl (C=O) groups excluding carboxylic acids is 3. The Balaban J connectivity index is 2.01. The maximum Gasteiger partial charge on any atom is 0.303 e. The smallest absolute Gasteiger partial charge is 0.303 e. The first kappa shape index (κ1) is 21.9. The highest BCUT2D eigenvalue weighted by molar-refractivity contribution is 6.33. The number of rotatable bonds is 6. The molecule has 4 atom stereocenters. The second-order valence-electron chi connectivity index (χ2n) is 6.49. The van der Waals surface area contributed by atoms with E-state index in [-0.39, 0.29) is 34.8 Å². The molecule has 12 nitrogen and oxygen atoms in total. The van der Waals surface area contributed by atoms with Gasteiger partial charge in [-0.05, 0) is 0 Å². The third-order valence-electron chi connectivity index (χ3n) is 4.25. The molecule has 4 unspecified atom stereocenters. The van der Waals surface area contributed by atoms with Gasteiger partial charge in [-0.25, -0.2) is 4.98 Å². The molecule has 1 amide bonds. The summed E-state index contributed by atoms with van der Waals surface area (Å²) in [6.45, 7) is 3.67. The number of imidazole rings is 1. The van der Waals surface area contributed by atoms with Gasteiger partial charge in [-0.2, -0.15) is 9.97 Å². The molecule has 1 aliphatic rings. The standard InChI is InChI=1S/C17H20ClN5O7/c1-7(24)20-17-21-14(18)11-15(22-17)23(6-19-11)16-13(27-4)12(29-9(3)26)10(30-16)5-28-8(2)25/h6,10,12-13,16H,5H2,1-4H3,(H,20,21,22,24). The fourth-order valence-corrected chi connectivity index (χ4v) is 3.35. The largest absolute Gasteiger partial charge is 0.463 e. The summed E-state index contributed by atoms with van der Waals surface area (Å²) >= 11 is 6.17. The van der Waals surface area contributed by atoms with Crippen LogP contribution in [0.15, 0.2) is 6.33 Å². The summed E-state index contributed by atoms with van der Waals surface area (Å²) in [5, 5.41) is 2.49. The fraction of sp³-hybridized carbons (Fsp3) is 0.529. The minimum absolute atomic E-state index is 0.0123. The number of nitrogens with one attached hydrogen (secondary N) is 1. The molecule has 162 valence electrons. The van der Waals surface area contributed by atoms with Crippen molar-refractivity contribution < 1.29 is 33.3 Å². The summed E-state index contributed by atoms with van der Waals surface area (Å²) in [6.07, 6.45) is -1.86. The minimum Gasteiger partial charge on any atom is -0.463 e. The van der Waals surface area contributed by atoms with Crippen molar-refractivity contribution in [2.24, 2.45) is 0 Å². The van der Waals surface area contributed by atoms with E-state index in [4.69, 9.17) is 30.5 Å². The zero-order valence-corrected chi connectivity index (χ0v) is 17.4. The Morgan fingerprint density at radius 2 is 1.93 bits per heavy atom. The lowest BCUT2D eigenvalue weighted by molar-refractivity contribution is -0.158. The van der Waals surface area contributed by atoms with E-state index in [1.807, 2.05) is 0 Å².